The molecule has 1 aliphatic carbocycles. The molecular formula is C15H21FN2. The van der Waals surface area contributed by atoms with Crippen molar-refractivity contribution in [1.82, 2.24) is 10.2 Å². The number of likely N-dealkylation sites (tertiary alicyclic amines) is 1. The van der Waals surface area contributed by atoms with E-state index in [4.69, 9.17) is 0 Å². The van der Waals surface area contributed by atoms with Crippen molar-refractivity contribution in [2.45, 2.75) is 50.9 Å². The summed E-state index contributed by atoms with van der Waals surface area (Å²) in [6, 6.07) is 8.97. The molecule has 2 aliphatic rings. The van der Waals surface area contributed by atoms with Gasteiger partial charge in [-0.05, 0) is 43.9 Å². The Bertz CT molecular complexity index is 417. The van der Waals surface area contributed by atoms with Gasteiger partial charge in [0.05, 0.1) is 0 Å². The summed E-state index contributed by atoms with van der Waals surface area (Å²) in [6.45, 7) is 4.25. The second-order valence-electron chi connectivity index (χ2n) is 5.72. The Labute approximate surface area is 108 Å². The van der Waals surface area contributed by atoms with Gasteiger partial charge in [0.15, 0.2) is 0 Å². The van der Waals surface area contributed by atoms with Crippen LogP contribution < -0.4 is 5.32 Å². The van der Waals surface area contributed by atoms with E-state index in [0.29, 0.717) is 12.1 Å². The molecule has 3 rings (SSSR count). The van der Waals surface area contributed by atoms with Crippen LogP contribution in [0.25, 0.3) is 0 Å². The van der Waals surface area contributed by atoms with Crippen molar-refractivity contribution in [2.75, 3.05) is 6.54 Å². The molecule has 0 radical (unpaired) electrons. The molecular weight excluding hydrogens is 227 g/mol. The molecule has 1 saturated heterocycles. The van der Waals surface area contributed by atoms with Crippen molar-refractivity contribution in [1.29, 1.82) is 0 Å². The standard InChI is InChI=1S/C15H21FN2/c1-11-7-14(10-18(11)15-5-6-15)17-9-12-3-2-4-13(16)8-12/h2-4,8,11,14-15,17H,5-7,9-10H2,1H3. The Morgan fingerprint density at radius 1 is 1.39 bits per heavy atom. The second-order valence-corrected chi connectivity index (χ2v) is 5.72. The molecule has 1 aliphatic heterocycles. The van der Waals surface area contributed by atoms with Crippen LogP contribution >= 0.6 is 0 Å². The predicted octanol–water partition coefficient (Wildman–Crippen LogP) is 2.54. The highest BCUT2D eigenvalue weighted by atomic mass is 19.1. The maximum Gasteiger partial charge on any atom is 0.123 e. The Morgan fingerprint density at radius 3 is 2.94 bits per heavy atom. The first kappa shape index (κ1) is 12.1. The molecule has 2 nitrogen and oxygen atoms in total. The van der Waals surface area contributed by atoms with Crippen molar-refractivity contribution in [3.05, 3.63) is 35.6 Å². The molecule has 98 valence electrons. The molecule has 2 fully saturated rings. The van der Waals surface area contributed by atoms with Crippen LogP contribution in [0.15, 0.2) is 24.3 Å². The molecule has 18 heavy (non-hydrogen) atoms. The number of rotatable bonds is 4. The summed E-state index contributed by atoms with van der Waals surface area (Å²) in [5.74, 6) is -0.145. The molecule has 1 saturated carbocycles. The lowest BCUT2D eigenvalue weighted by molar-refractivity contribution is 0.255. The molecule has 2 atom stereocenters. The largest absolute Gasteiger partial charge is 0.309 e. The molecule has 1 heterocycles. The van der Waals surface area contributed by atoms with E-state index in [1.807, 2.05) is 6.07 Å². The van der Waals surface area contributed by atoms with Gasteiger partial charge >= 0.3 is 0 Å². The maximum atomic E-state index is 13.1. The van der Waals surface area contributed by atoms with Crippen LogP contribution in [0.1, 0.15) is 31.7 Å². The summed E-state index contributed by atoms with van der Waals surface area (Å²) in [4.78, 5) is 2.63. The Kier molecular flexibility index (Phi) is 3.35. The minimum Gasteiger partial charge on any atom is -0.309 e. The van der Waals surface area contributed by atoms with Crippen LogP contribution in [0.2, 0.25) is 0 Å². The van der Waals surface area contributed by atoms with E-state index >= 15 is 0 Å². The van der Waals surface area contributed by atoms with E-state index in [1.54, 1.807) is 12.1 Å². The number of halogens is 1. The average molecular weight is 248 g/mol. The Morgan fingerprint density at radius 2 is 2.22 bits per heavy atom. The quantitative estimate of drug-likeness (QED) is 0.881. The topological polar surface area (TPSA) is 15.3 Å². The third-order valence-electron chi connectivity index (χ3n) is 4.12. The first-order chi connectivity index (χ1) is 8.72. The smallest absolute Gasteiger partial charge is 0.123 e. The van der Waals surface area contributed by atoms with Gasteiger partial charge in [0.2, 0.25) is 0 Å². The molecule has 3 heteroatoms. The van der Waals surface area contributed by atoms with E-state index < -0.39 is 0 Å². The van der Waals surface area contributed by atoms with Gasteiger partial charge in [0.25, 0.3) is 0 Å². The molecule has 0 bridgehead atoms. The van der Waals surface area contributed by atoms with Crippen LogP contribution in [0, 0.1) is 5.82 Å². The number of hydrogen-bond donors (Lipinski definition) is 1. The van der Waals surface area contributed by atoms with Crippen molar-refractivity contribution in [3.63, 3.8) is 0 Å². The number of benzene rings is 1. The Balaban J connectivity index is 1.52. The molecule has 1 aromatic carbocycles. The molecule has 0 spiro atoms. The minimum absolute atomic E-state index is 0.145. The lowest BCUT2D eigenvalue weighted by atomic mass is 10.1. The summed E-state index contributed by atoms with van der Waals surface area (Å²) in [6.07, 6.45) is 3.97. The van der Waals surface area contributed by atoms with Gasteiger partial charge in [0, 0.05) is 31.2 Å². The molecule has 1 N–H and O–H groups in total. The van der Waals surface area contributed by atoms with E-state index in [1.165, 1.54) is 25.3 Å². The lowest BCUT2D eigenvalue weighted by Gasteiger charge is -2.19. The highest BCUT2D eigenvalue weighted by molar-refractivity contribution is 5.16. The fourth-order valence-corrected chi connectivity index (χ4v) is 3.03. The van der Waals surface area contributed by atoms with Crippen LogP contribution in [0.4, 0.5) is 4.39 Å². The summed E-state index contributed by atoms with van der Waals surface area (Å²) < 4.78 is 13.1. The van der Waals surface area contributed by atoms with E-state index in [-0.39, 0.29) is 5.82 Å². The van der Waals surface area contributed by atoms with Crippen LogP contribution in [0.5, 0.6) is 0 Å². The summed E-state index contributed by atoms with van der Waals surface area (Å²) in [5, 5.41) is 3.56. The van der Waals surface area contributed by atoms with Gasteiger partial charge in [-0.3, -0.25) is 4.90 Å². The highest BCUT2D eigenvalue weighted by Gasteiger charge is 2.38. The highest BCUT2D eigenvalue weighted by Crippen LogP contribution is 2.33. The van der Waals surface area contributed by atoms with Gasteiger partial charge in [-0.1, -0.05) is 12.1 Å². The molecule has 2 unspecified atom stereocenters. The van der Waals surface area contributed by atoms with Gasteiger partial charge in [-0.25, -0.2) is 4.39 Å². The summed E-state index contributed by atoms with van der Waals surface area (Å²) >= 11 is 0. The maximum absolute atomic E-state index is 13.1. The zero-order valence-corrected chi connectivity index (χ0v) is 10.9. The van der Waals surface area contributed by atoms with Gasteiger partial charge < -0.3 is 5.32 Å². The zero-order chi connectivity index (χ0) is 12.5. The van der Waals surface area contributed by atoms with Gasteiger partial charge in [-0.2, -0.15) is 0 Å². The SMILES string of the molecule is CC1CC(NCc2cccc(F)c2)CN1C1CC1. The third kappa shape index (κ3) is 2.73. The predicted molar refractivity (Wildman–Crippen MR) is 70.8 cm³/mol. The van der Waals surface area contributed by atoms with Crippen molar-refractivity contribution >= 4 is 0 Å². The zero-order valence-electron chi connectivity index (χ0n) is 10.9. The fourth-order valence-electron chi connectivity index (χ4n) is 3.03. The van der Waals surface area contributed by atoms with Gasteiger partial charge in [-0.15, -0.1) is 0 Å². The first-order valence-corrected chi connectivity index (χ1v) is 6.96. The summed E-state index contributed by atoms with van der Waals surface area (Å²) in [5.41, 5.74) is 1.03. The number of nitrogens with zero attached hydrogens (tertiary/aromatic N) is 1. The Hall–Kier alpha value is -0.930. The van der Waals surface area contributed by atoms with Crippen LogP contribution in [0.3, 0.4) is 0 Å². The number of hydrogen-bond acceptors (Lipinski definition) is 2. The van der Waals surface area contributed by atoms with Crippen molar-refractivity contribution in [2.24, 2.45) is 0 Å². The molecule has 1 aromatic rings. The van der Waals surface area contributed by atoms with E-state index in [0.717, 1.165) is 24.7 Å². The lowest BCUT2D eigenvalue weighted by Crippen LogP contribution is -2.33. The average Bonchev–Trinajstić information content (AvgIpc) is 3.11. The van der Waals surface area contributed by atoms with Gasteiger partial charge in [0.1, 0.15) is 5.82 Å². The normalized spacial score (nSPS) is 28.8. The van der Waals surface area contributed by atoms with Crippen LogP contribution in [-0.2, 0) is 6.54 Å². The summed E-state index contributed by atoms with van der Waals surface area (Å²) in [7, 11) is 0. The fraction of sp³-hybridized carbons (Fsp3) is 0.600. The van der Waals surface area contributed by atoms with Crippen LogP contribution in [-0.4, -0.2) is 29.6 Å². The van der Waals surface area contributed by atoms with E-state index in [9.17, 15) is 4.39 Å². The molecule has 0 aromatic heterocycles. The van der Waals surface area contributed by atoms with E-state index in [2.05, 4.69) is 17.1 Å². The first-order valence-electron chi connectivity index (χ1n) is 6.96. The number of nitrogens with one attached hydrogen (secondary N) is 1. The third-order valence-corrected chi connectivity index (χ3v) is 4.12. The second kappa shape index (κ2) is 4.98. The van der Waals surface area contributed by atoms with Crippen molar-refractivity contribution < 1.29 is 4.39 Å². The monoisotopic (exact) mass is 248 g/mol. The molecule has 0 amide bonds. The van der Waals surface area contributed by atoms with Crippen molar-refractivity contribution in [3.8, 4) is 0 Å². The minimum atomic E-state index is -0.145.